The Morgan fingerprint density at radius 1 is 1.29 bits per heavy atom. The van der Waals surface area contributed by atoms with Gasteiger partial charge >= 0.3 is 0 Å². The summed E-state index contributed by atoms with van der Waals surface area (Å²) in [5, 5.41) is 9.23. The number of aliphatic hydroxyl groups is 1. The van der Waals surface area contributed by atoms with Gasteiger partial charge in [0.15, 0.2) is 6.29 Å². The third kappa shape index (κ3) is 2.37. The Bertz CT molecular complexity index is 214. The average molecular weight is 196 g/mol. The molecule has 1 N–H and O–H groups in total. The molecule has 2 rings (SSSR count). The van der Waals surface area contributed by atoms with Gasteiger partial charge < -0.3 is 9.84 Å². The summed E-state index contributed by atoms with van der Waals surface area (Å²) < 4.78 is 5.31. The van der Waals surface area contributed by atoms with Crippen molar-refractivity contribution in [2.24, 2.45) is 11.8 Å². The highest BCUT2D eigenvalue weighted by Crippen LogP contribution is 2.34. The molecule has 2 aliphatic rings. The Labute approximate surface area is 86.0 Å². The molecule has 80 valence electrons. The first-order chi connectivity index (χ1) is 6.75. The molecule has 1 saturated heterocycles. The summed E-state index contributed by atoms with van der Waals surface area (Å²) in [5.74, 6) is 1.48. The maximum atomic E-state index is 9.23. The number of ether oxygens (including phenoxy) is 1. The molecule has 14 heavy (non-hydrogen) atoms. The molecule has 2 nitrogen and oxygen atoms in total. The van der Waals surface area contributed by atoms with Crippen LogP contribution in [0.25, 0.3) is 0 Å². The molecular formula is C12H20O2. The van der Waals surface area contributed by atoms with E-state index >= 15 is 0 Å². The lowest BCUT2D eigenvalue weighted by molar-refractivity contribution is -0.147. The minimum absolute atomic E-state index is 0.493. The molecule has 1 aliphatic heterocycles. The fourth-order valence-corrected chi connectivity index (χ4v) is 2.54. The van der Waals surface area contributed by atoms with Crippen LogP contribution >= 0.6 is 0 Å². The number of rotatable bonds is 1. The maximum Gasteiger partial charge on any atom is 0.154 e. The second-order valence-corrected chi connectivity index (χ2v) is 4.71. The molecule has 0 aromatic carbocycles. The minimum atomic E-state index is -0.493. The highest BCUT2D eigenvalue weighted by Gasteiger charge is 2.27. The zero-order chi connectivity index (χ0) is 9.97. The molecule has 1 heterocycles. The topological polar surface area (TPSA) is 29.5 Å². The first-order valence-corrected chi connectivity index (χ1v) is 5.71. The molecule has 0 saturated carbocycles. The summed E-state index contributed by atoms with van der Waals surface area (Å²) in [6, 6.07) is 0. The van der Waals surface area contributed by atoms with Gasteiger partial charge in [0.25, 0.3) is 0 Å². The van der Waals surface area contributed by atoms with E-state index in [1.165, 1.54) is 24.8 Å². The number of hydrogen-bond acceptors (Lipinski definition) is 2. The fraction of sp³-hybridized carbons (Fsp3) is 0.833. The second-order valence-electron chi connectivity index (χ2n) is 4.71. The summed E-state index contributed by atoms with van der Waals surface area (Å²) >= 11 is 0. The molecule has 1 fully saturated rings. The van der Waals surface area contributed by atoms with Gasteiger partial charge in [0.05, 0.1) is 6.61 Å². The van der Waals surface area contributed by atoms with Crippen molar-refractivity contribution in [3.63, 3.8) is 0 Å². The highest BCUT2D eigenvalue weighted by molar-refractivity contribution is 5.03. The van der Waals surface area contributed by atoms with E-state index in [1.807, 2.05) is 0 Å². The molecule has 2 heteroatoms. The standard InChI is InChI=1S/C12H20O2/c1-9-2-4-10(5-3-9)11-6-7-12(13)14-8-11/h2,10-13H,3-8H2,1H3. The molecule has 0 aromatic rings. The maximum absolute atomic E-state index is 9.23. The van der Waals surface area contributed by atoms with Gasteiger partial charge in [-0.05, 0) is 50.9 Å². The van der Waals surface area contributed by atoms with Crippen LogP contribution in [0.1, 0.15) is 39.0 Å². The first-order valence-electron chi connectivity index (χ1n) is 5.71. The van der Waals surface area contributed by atoms with Crippen molar-refractivity contribution in [1.29, 1.82) is 0 Å². The van der Waals surface area contributed by atoms with Gasteiger partial charge in [-0.25, -0.2) is 0 Å². The molecule has 3 atom stereocenters. The zero-order valence-corrected chi connectivity index (χ0v) is 8.91. The van der Waals surface area contributed by atoms with Crippen molar-refractivity contribution >= 4 is 0 Å². The van der Waals surface area contributed by atoms with Crippen LogP contribution in [0.15, 0.2) is 11.6 Å². The van der Waals surface area contributed by atoms with Crippen LogP contribution in [0.3, 0.4) is 0 Å². The van der Waals surface area contributed by atoms with E-state index in [2.05, 4.69) is 13.0 Å². The van der Waals surface area contributed by atoms with Gasteiger partial charge in [-0.2, -0.15) is 0 Å². The summed E-state index contributed by atoms with van der Waals surface area (Å²) in [6.45, 7) is 2.98. The van der Waals surface area contributed by atoms with E-state index in [0.29, 0.717) is 5.92 Å². The number of allylic oxidation sites excluding steroid dienone is 2. The van der Waals surface area contributed by atoms with E-state index in [9.17, 15) is 5.11 Å². The number of aliphatic hydroxyl groups excluding tert-OH is 1. The minimum Gasteiger partial charge on any atom is -0.368 e. The van der Waals surface area contributed by atoms with Crippen LogP contribution in [-0.4, -0.2) is 18.0 Å². The molecule has 0 aromatic heterocycles. The molecule has 0 amide bonds. The monoisotopic (exact) mass is 196 g/mol. The largest absolute Gasteiger partial charge is 0.368 e. The Kier molecular flexibility index (Phi) is 3.24. The van der Waals surface area contributed by atoms with Crippen LogP contribution in [0.2, 0.25) is 0 Å². The van der Waals surface area contributed by atoms with E-state index in [0.717, 1.165) is 25.4 Å². The van der Waals surface area contributed by atoms with Crippen molar-refractivity contribution in [2.75, 3.05) is 6.61 Å². The third-order valence-corrected chi connectivity index (χ3v) is 3.63. The van der Waals surface area contributed by atoms with E-state index < -0.39 is 6.29 Å². The molecular weight excluding hydrogens is 176 g/mol. The molecule has 0 spiro atoms. The van der Waals surface area contributed by atoms with E-state index in [4.69, 9.17) is 4.74 Å². The van der Waals surface area contributed by atoms with E-state index in [1.54, 1.807) is 0 Å². The molecule has 0 bridgehead atoms. The summed E-state index contributed by atoms with van der Waals surface area (Å²) in [4.78, 5) is 0. The normalized spacial score (nSPS) is 39.3. The Hall–Kier alpha value is -0.340. The van der Waals surface area contributed by atoms with E-state index in [-0.39, 0.29) is 0 Å². The Morgan fingerprint density at radius 3 is 2.71 bits per heavy atom. The van der Waals surface area contributed by atoms with Crippen LogP contribution in [-0.2, 0) is 4.74 Å². The van der Waals surface area contributed by atoms with Crippen molar-refractivity contribution in [3.05, 3.63) is 11.6 Å². The average Bonchev–Trinajstić information content (AvgIpc) is 2.21. The highest BCUT2D eigenvalue weighted by atomic mass is 16.6. The van der Waals surface area contributed by atoms with Gasteiger partial charge in [-0.1, -0.05) is 11.6 Å². The predicted octanol–water partition coefficient (Wildman–Crippen LogP) is 2.48. The van der Waals surface area contributed by atoms with Crippen LogP contribution in [0.5, 0.6) is 0 Å². The van der Waals surface area contributed by atoms with Crippen molar-refractivity contribution in [3.8, 4) is 0 Å². The van der Waals surface area contributed by atoms with Gasteiger partial charge in [0.1, 0.15) is 0 Å². The fourth-order valence-electron chi connectivity index (χ4n) is 2.54. The zero-order valence-electron chi connectivity index (χ0n) is 8.91. The van der Waals surface area contributed by atoms with Gasteiger partial charge in [-0.3, -0.25) is 0 Å². The lowest BCUT2D eigenvalue weighted by atomic mass is 9.78. The Balaban J connectivity index is 1.84. The van der Waals surface area contributed by atoms with Crippen molar-refractivity contribution in [1.82, 2.24) is 0 Å². The van der Waals surface area contributed by atoms with Gasteiger partial charge in [0, 0.05) is 0 Å². The smallest absolute Gasteiger partial charge is 0.154 e. The van der Waals surface area contributed by atoms with Gasteiger partial charge in [0.2, 0.25) is 0 Å². The van der Waals surface area contributed by atoms with Crippen LogP contribution in [0.4, 0.5) is 0 Å². The molecule has 3 unspecified atom stereocenters. The lowest BCUT2D eigenvalue weighted by Gasteiger charge is -2.33. The SMILES string of the molecule is CC1=CCC(C2CCC(O)OC2)CC1. The quantitative estimate of drug-likeness (QED) is 0.653. The second kappa shape index (κ2) is 4.45. The summed E-state index contributed by atoms with van der Waals surface area (Å²) in [5.41, 5.74) is 1.54. The van der Waals surface area contributed by atoms with Crippen molar-refractivity contribution < 1.29 is 9.84 Å². The predicted molar refractivity (Wildman–Crippen MR) is 55.8 cm³/mol. The van der Waals surface area contributed by atoms with Gasteiger partial charge in [-0.15, -0.1) is 0 Å². The lowest BCUT2D eigenvalue weighted by Crippen LogP contribution is -2.30. The van der Waals surface area contributed by atoms with Crippen molar-refractivity contribution in [2.45, 2.75) is 45.3 Å². The molecule has 0 radical (unpaired) electrons. The van der Waals surface area contributed by atoms with Crippen LogP contribution in [0, 0.1) is 11.8 Å². The van der Waals surface area contributed by atoms with Crippen LogP contribution < -0.4 is 0 Å². The third-order valence-electron chi connectivity index (χ3n) is 3.63. The summed E-state index contributed by atoms with van der Waals surface area (Å²) in [7, 11) is 0. The molecule has 1 aliphatic carbocycles. The first kappa shape index (κ1) is 10.2. The Morgan fingerprint density at radius 2 is 2.14 bits per heavy atom. The summed E-state index contributed by atoms with van der Waals surface area (Å²) in [6.07, 6.45) is 7.63. The number of hydrogen-bond donors (Lipinski definition) is 1.